The van der Waals surface area contributed by atoms with E-state index in [-0.39, 0.29) is 12.0 Å². The van der Waals surface area contributed by atoms with E-state index in [9.17, 15) is 22.4 Å². The molecule has 6 heteroatoms. The molecule has 2 aromatic rings. The number of rotatable bonds is 4. The first-order chi connectivity index (χ1) is 10.7. The van der Waals surface area contributed by atoms with Crippen LogP contribution in [0.4, 0.5) is 23.2 Å². The normalized spacial score (nSPS) is 11.4. The molecule has 0 heterocycles. The summed E-state index contributed by atoms with van der Waals surface area (Å²) >= 11 is 0. The number of carbonyl (C=O) groups is 1. The van der Waals surface area contributed by atoms with Gasteiger partial charge in [-0.1, -0.05) is 18.2 Å². The Morgan fingerprint density at radius 1 is 1.13 bits per heavy atom. The molecule has 0 aliphatic rings. The van der Waals surface area contributed by atoms with E-state index in [1.54, 1.807) is 6.92 Å². The Hall–Kier alpha value is -2.37. The van der Waals surface area contributed by atoms with E-state index in [0.717, 1.165) is 6.07 Å². The maximum absolute atomic E-state index is 13.8. The largest absolute Gasteiger partial charge is 0.416 e. The molecule has 0 saturated heterocycles. The summed E-state index contributed by atoms with van der Waals surface area (Å²) in [5, 5.41) is 0. The Bertz CT molecular complexity index is 725. The van der Waals surface area contributed by atoms with Crippen LogP contribution in [-0.4, -0.2) is 13.5 Å². The van der Waals surface area contributed by atoms with E-state index in [1.165, 1.54) is 42.3 Å². The van der Waals surface area contributed by atoms with E-state index < -0.39 is 17.6 Å². The van der Waals surface area contributed by atoms with Crippen molar-refractivity contribution in [3.8, 4) is 0 Å². The van der Waals surface area contributed by atoms with Gasteiger partial charge in [0.15, 0.2) is 0 Å². The maximum Gasteiger partial charge on any atom is 0.416 e. The minimum atomic E-state index is -4.47. The van der Waals surface area contributed by atoms with Gasteiger partial charge in [-0.25, -0.2) is 4.39 Å². The predicted octanol–water partition coefficient (Wildman–Crippen LogP) is 4.34. The van der Waals surface area contributed by atoms with Crippen LogP contribution in [-0.2, 0) is 17.4 Å². The lowest BCUT2D eigenvalue weighted by Crippen LogP contribution is -2.16. The van der Waals surface area contributed by atoms with Crippen molar-refractivity contribution in [1.29, 1.82) is 0 Å². The number of anilines is 1. The Kier molecular flexibility index (Phi) is 4.73. The number of alkyl halides is 3. The van der Waals surface area contributed by atoms with Gasteiger partial charge >= 0.3 is 6.18 Å². The van der Waals surface area contributed by atoms with Crippen molar-refractivity contribution in [3.63, 3.8) is 0 Å². The molecule has 0 bridgehead atoms. The molecule has 0 unspecified atom stereocenters. The molecule has 0 N–H and O–H groups in total. The summed E-state index contributed by atoms with van der Waals surface area (Å²) in [5.41, 5.74) is 0.630. The van der Waals surface area contributed by atoms with Crippen molar-refractivity contribution >= 4 is 12.1 Å². The molecular formula is C17H15F4NO. The quantitative estimate of drug-likeness (QED) is 0.605. The topological polar surface area (TPSA) is 20.3 Å². The van der Waals surface area contributed by atoms with Crippen LogP contribution < -0.4 is 4.90 Å². The van der Waals surface area contributed by atoms with E-state index in [0.29, 0.717) is 23.2 Å². The molecule has 2 nitrogen and oxygen atoms in total. The fourth-order valence-electron chi connectivity index (χ4n) is 2.48. The van der Waals surface area contributed by atoms with Crippen LogP contribution >= 0.6 is 0 Å². The zero-order valence-electron chi connectivity index (χ0n) is 12.6. The zero-order chi connectivity index (χ0) is 17.2. The Morgan fingerprint density at radius 3 is 2.39 bits per heavy atom. The minimum Gasteiger partial charge on any atom is -0.318 e. The molecule has 1 amide bonds. The zero-order valence-corrected chi connectivity index (χ0v) is 12.6. The molecule has 0 fully saturated rings. The molecular weight excluding hydrogens is 310 g/mol. The summed E-state index contributed by atoms with van der Waals surface area (Å²) < 4.78 is 53.0. The van der Waals surface area contributed by atoms with Gasteiger partial charge in [0.1, 0.15) is 5.82 Å². The van der Waals surface area contributed by atoms with Crippen molar-refractivity contribution in [1.82, 2.24) is 0 Å². The molecule has 2 rings (SSSR count). The number of hydrogen-bond acceptors (Lipinski definition) is 1. The average Bonchev–Trinajstić information content (AvgIpc) is 2.49. The number of benzene rings is 2. The maximum atomic E-state index is 13.8. The average molecular weight is 325 g/mol. The highest BCUT2D eigenvalue weighted by Gasteiger charge is 2.33. The van der Waals surface area contributed by atoms with Crippen molar-refractivity contribution in [2.24, 2.45) is 0 Å². The first-order valence-electron chi connectivity index (χ1n) is 6.86. The molecule has 0 saturated carbocycles. The Labute approximate surface area is 131 Å². The minimum absolute atomic E-state index is 0.0633. The third-order valence-electron chi connectivity index (χ3n) is 3.69. The van der Waals surface area contributed by atoms with Gasteiger partial charge < -0.3 is 4.90 Å². The van der Waals surface area contributed by atoms with Crippen molar-refractivity contribution < 1.29 is 22.4 Å². The molecule has 23 heavy (non-hydrogen) atoms. The smallest absolute Gasteiger partial charge is 0.318 e. The number of amides is 1. The van der Waals surface area contributed by atoms with E-state index >= 15 is 0 Å². The van der Waals surface area contributed by atoms with Crippen molar-refractivity contribution in [2.45, 2.75) is 19.5 Å². The molecule has 0 radical (unpaired) electrons. The van der Waals surface area contributed by atoms with Gasteiger partial charge in [0.2, 0.25) is 6.41 Å². The third kappa shape index (κ3) is 3.70. The van der Waals surface area contributed by atoms with E-state index in [2.05, 4.69) is 0 Å². The Morgan fingerprint density at radius 2 is 1.78 bits per heavy atom. The van der Waals surface area contributed by atoms with Gasteiger partial charge in [-0.15, -0.1) is 0 Å². The van der Waals surface area contributed by atoms with Gasteiger partial charge in [-0.2, -0.15) is 13.2 Å². The molecule has 2 aromatic carbocycles. The van der Waals surface area contributed by atoms with Gasteiger partial charge in [-0.3, -0.25) is 4.79 Å². The molecule has 122 valence electrons. The summed E-state index contributed by atoms with van der Waals surface area (Å²) in [6.45, 7) is 1.65. The summed E-state index contributed by atoms with van der Waals surface area (Å²) in [6, 6.07) is 7.58. The SMILES string of the molecule is Cc1c(Cc2ccccc2C(F)(F)F)cc(F)cc1N(C)C=O. The van der Waals surface area contributed by atoms with Crippen LogP contribution in [0.2, 0.25) is 0 Å². The molecule has 0 aliphatic carbocycles. The number of halogens is 4. The summed E-state index contributed by atoms with van der Waals surface area (Å²) in [6.07, 6.45) is -4.02. The van der Waals surface area contributed by atoms with Gasteiger partial charge in [0.25, 0.3) is 0 Å². The second-order valence-electron chi connectivity index (χ2n) is 5.26. The standard InChI is InChI=1S/C17H15F4NO/c1-11-13(8-14(18)9-16(11)22(2)10-23)7-12-5-3-4-6-15(12)17(19,20)21/h3-6,8-10H,7H2,1-2H3. The second-order valence-corrected chi connectivity index (χ2v) is 5.26. The highest BCUT2D eigenvalue weighted by atomic mass is 19.4. The molecule has 0 atom stereocenters. The van der Waals surface area contributed by atoms with E-state index in [1.807, 2.05) is 0 Å². The number of nitrogens with zero attached hydrogens (tertiary/aromatic N) is 1. The lowest BCUT2D eigenvalue weighted by molar-refractivity contribution is -0.138. The van der Waals surface area contributed by atoms with Crippen LogP contribution in [0, 0.1) is 12.7 Å². The Balaban J connectivity index is 2.50. The molecule has 0 aromatic heterocycles. The monoisotopic (exact) mass is 325 g/mol. The predicted molar refractivity (Wildman–Crippen MR) is 79.9 cm³/mol. The van der Waals surface area contributed by atoms with Gasteiger partial charge in [0.05, 0.1) is 5.56 Å². The second kappa shape index (κ2) is 6.40. The number of carbonyl (C=O) groups excluding carboxylic acids is 1. The third-order valence-corrected chi connectivity index (χ3v) is 3.69. The first kappa shape index (κ1) is 17.0. The summed E-state index contributed by atoms with van der Waals surface area (Å²) in [5.74, 6) is -0.598. The number of hydrogen-bond donors (Lipinski definition) is 0. The van der Waals surface area contributed by atoms with Crippen LogP contribution in [0.5, 0.6) is 0 Å². The first-order valence-corrected chi connectivity index (χ1v) is 6.86. The lowest BCUT2D eigenvalue weighted by Gasteiger charge is -2.19. The fraction of sp³-hybridized carbons (Fsp3) is 0.235. The summed E-state index contributed by atoms with van der Waals surface area (Å²) in [4.78, 5) is 12.1. The molecule has 0 spiro atoms. The van der Waals surface area contributed by atoms with Crippen LogP contribution in [0.25, 0.3) is 0 Å². The van der Waals surface area contributed by atoms with E-state index in [4.69, 9.17) is 0 Å². The highest BCUT2D eigenvalue weighted by molar-refractivity contribution is 5.76. The van der Waals surface area contributed by atoms with Crippen molar-refractivity contribution in [2.75, 3.05) is 11.9 Å². The van der Waals surface area contributed by atoms with Crippen molar-refractivity contribution in [3.05, 3.63) is 64.5 Å². The fourth-order valence-corrected chi connectivity index (χ4v) is 2.48. The highest BCUT2D eigenvalue weighted by Crippen LogP contribution is 2.34. The van der Waals surface area contributed by atoms with Crippen LogP contribution in [0.15, 0.2) is 36.4 Å². The van der Waals surface area contributed by atoms with Gasteiger partial charge in [-0.05, 0) is 48.2 Å². The van der Waals surface area contributed by atoms with Crippen LogP contribution in [0.3, 0.4) is 0 Å². The molecule has 0 aliphatic heterocycles. The van der Waals surface area contributed by atoms with Gasteiger partial charge in [0, 0.05) is 12.7 Å². The van der Waals surface area contributed by atoms with Crippen LogP contribution in [0.1, 0.15) is 22.3 Å². The summed E-state index contributed by atoms with van der Waals surface area (Å²) in [7, 11) is 1.46. The lowest BCUT2D eigenvalue weighted by atomic mass is 9.95.